The fourth-order valence-corrected chi connectivity index (χ4v) is 3.34. The third-order valence-electron chi connectivity index (χ3n) is 2.81. The highest BCUT2D eigenvalue weighted by atomic mass is 79.9. The van der Waals surface area contributed by atoms with E-state index in [2.05, 4.69) is 21.2 Å². The van der Waals surface area contributed by atoms with Crippen molar-refractivity contribution in [3.05, 3.63) is 56.2 Å². The van der Waals surface area contributed by atoms with Crippen molar-refractivity contribution in [2.45, 2.75) is 0 Å². The van der Waals surface area contributed by atoms with Gasteiger partial charge in [-0.05, 0) is 39.7 Å². The Morgan fingerprint density at radius 3 is 2.53 bits per heavy atom. The van der Waals surface area contributed by atoms with E-state index in [1.807, 2.05) is 17.5 Å². The summed E-state index contributed by atoms with van der Waals surface area (Å²) in [6, 6.07) is 9.05. The van der Waals surface area contributed by atoms with Gasteiger partial charge in [-0.15, -0.1) is 11.3 Å². The first-order chi connectivity index (χ1) is 9.15. The summed E-state index contributed by atoms with van der Waals surface area (Å²) in [6.07, 6.45) is 1.80. The van der Waals surface area contributed by atoms with Crippen molar-refractivity contribution in [1.82, 2.24) is 5.32 Å². The minimum atomic E-state index is -0.353. The molecule has 0 spiro atoms. The van der Waals surface area contributed by atoms with E-state index in [9.17, 15) is 9.59 Å². The van der Waals surface area contributed by atoms with E-state index in [0.717, 1.165) is 9.35 Å². The lowest BCUT2D eigenvalue weighted by molar-refractivity contribution is -0.114. The number of halogens is 1. The number of fused-ring (bicyclic) bond motifs is 1. The zero-order valence-corrected chi connectivity index (χ0v) is 12.0. The topological polar surface area (TPSA) is 46.2 Å². The van der Waals surface area contributed by atoms with Gasteiger partial charge in [0.1, 0.15) is 0 Å². The van der Waals surface area contributed by atoms with Crippen LogP contribution in [-0.2, 0) is 4.79 Å². The first-order valence-electron chi connectivity index (χ1n) is 5.56. The third-order valence-corrected chi connectivity index (χ3v) is 4.45. The van der Waals surface area contributed by atoms with E-state index in [1.165, 1.54) is 11.3 Å². The second kappa shape index (κ2) is 4.75. The van der Waals surface area contributed by atoms with Gasteiger partial charge < -0.3 is 0 Å². The minimum Gasteiger partial charge on any atom is -0.288 e. The molecule has 2 heterocycles. The molecule has 1 aliphatic heterocycles. The number of amides is 2. The Bertz CT molecular complexity index is 718. The Kier molecular flexibility index (Phi) is 3.08. The highest BCUT2D eigenvalue weighted by Gasteiger charge is 2.26. The van der Waals surface area contributed by atoms with Gasteiger partial charge in [0.15, 0.2) is 0 Å². The molecular weight excluding hydrogens is 326 g/mol. The van der Waals surface area contributed by atoms with E-state index in [4.69, 9.17) is 0 Å². The number of carbonyl (C=O) groups excluding carboxylic acids is 2. The van der Waals surface area contributed by atoms with Crippen LogP contribution in [-0.4, -0.2) is 11.8 Å². The summed E-state index contributed by atoms with van der Waals surface area (Å²) in [6.45, 7) is 0. The molecule has 2 amide bonds. The van der Waals surface area contributed by atoms with Gasteiger partial charge >= 0.3 is 0 Å². The van der Waals surface area contributed by atoms with Crippen LogP contribution < -0.4 is 5.32 Å². The Balaban J connectivity index is 2.15. The first-order valence-corrected chi connectivity index (χ1v) is 7.23. The van der Waals surface area contributed by atoms with Crippen LogP contribution in [0.5, 0.6) is 0 Å². The summed E-state index contributed by atoms with van der Waals surface area (Å²) in [5.41, 5.74) is 1.73. The molecule has 2 aromatic rings. The Morgan fingerprint density at radius 2 is 1.84 bits per heavy atom. The maximum Gasteiger partial charge on any atom is 0.258 e. The first kappa shape index (κ1) is 12.3. The van der Waals surface area contributed by atoms with Gasteiger partial charge in [-0.25, -0.2) is 0 Å². The Morgan fingerprint density at radius 1 is 1.11 bits per heavy atom. The number of thiophene rings is 1. The number of imide groups is 1. The number of hydrogen-bond acceptors (Lipinski definition) is 3. The average Bonchev–Trinajstić information content (AvgIpc) is 2.80. The van der Waals surface area contributed by atoms with Gasteiger partial charge in [0, 0.05) is 25.9 Å². The molecule has 0 radical (unpaired) electrons. The molecule has 3 rings (SSSR count). The minimum absolute atomic E-state index is 0.342. The number of rotatable bonds is 1. The van der Waals surface area contributed by atoms with Crippen LogP contribution in [0.15, 0.2) is 40.2 Å². The number of hydrogen-bond donors (Lipinski definition) is 1. The molecule has 1 aromatic carbocycles. The lowest BCUT2D eigenvalue weighted by atomic mass is 9.94. The molecule has 1 N–H and O–H groups in total. The molecule has 1 aromatic heterocycles. The van der Waals surface area contributed by atoms with Crippen LogP contribution in [0.4, 0.5) is 0 Å². The van der Waals surface area contributed by atoms with Gasteiger partial charge in [0.05, 0.1) is 0 Å². The van der Waals surface area contributed by atoms with Crippen molar-refractivity contribution < 1.29 is 9.59 Å². The number of nitrogens with one attached hydrogen (secondary N) is 1. The monoisotopic (exact) mass is 333 g/mol. The quantitative estimate of drug-likeness (QED) is 0.642. The lowest BCUT2D eigenvalue weighted by Gasteiger charge is -2.17. The zero-order chi connectivity index (χ0) is 13.4. The molecule has 0 bridgehead atoms. The molecule has 94 valence electrons. The fourth-order valence-electron chi connectivity index (χ4n) is 1.97. The Labute approximate surface area is 122 Å². The van der Waals surface area contributed by atoms with Crippen molar-refractivity contribution in [2.24, 2.45) is 0 Å². The molecule has 0 saturated heterocycles. The summed E-state index contributed by atoms with van der Waals surface area (Å²) in [5.74, 6) is -0.696. The standard InChI is InChI=1S/C14H8BrNO2S/c15-8-5-9(19-7-8)6-12-10-3-1-2-4-11(10)13(17)16-14(12)18/h1-7H,(H,16,17,18)/b12-6-. The summed E-state index contributed by atoms with van der Waals surface area (Å²) in [4.78, 5) is 24.7. The van der Waals surface area contributed by atoms with Gasteiger partial charge in [0.25, 0.3) is 11.8 Å². The summed E-state index contributed by atoms with van der Waals surface area (Å²) >= 11 is 4.91. The number of benzene rings is 1. The van der Waals surface area contributed by atoms with Gasteiger partial charge in [-0.1, -0.05) is 18.2 Å². The molecule has 0 aliphatic carbocycles. The van der Waals surface area contributed by atoms with E-state index < -0.39 is 0 Å². The van der Waals surface area contributed by atoms with E-state index in [0.29, 0.717) is 16.7 Å². The SMILES string of the molecule is O=C1NC(=O)c2ccccc2/C1=C/c1cc(Br)cs1. The van der Waals surface area contributed by atoms with Crippen LogP contribution in [0.1, 0.15) is 20.8 Å². The molecular formula is C14H8BrNO2S. The van der Waals surface area contributed by atoms with E-state index in [-0.39, 0.29) is 11.8 Å². The van der Waals surface area contributed by atoms with Crippen LogP contribution in [0.25, 0.3) is 11.6 Å². The molecule has 0 unspecified atom stereocenters. The van der Waals surface area contributed by atoms with Crippen LogP contribution in [0.3, 0.4) is 0 Å². The molecule has 1 aliphatic rings. The Hall–Kier alpha value is -1.72. The molecule has 19 heavy (non-hydrogen) atoms. The maximum atomic E-state index is 12.0. The molecule has 3 nitrogen and oxygen atoms in total. The summed E-state index contributed by atoms with van der Waals surface area (Å²) < 4.78 is 0.977. The highest BCUT2D eigenvalue weighted by molar-refractivity contribution is 9.10. The smallest absolute Gasteiger partial charge is 0.258 e. The van der Waals surface area contributed by atoms with Crippen LogP contribution in [0, 0.1) is 0 Å². The van der Waals surface area contributed by atoms with Crippen LogP contribution in [0.2, 0.25) is 0 Å². The molecule has 0 fully saturated rings. The van der Waals surface area contributed by atoms with Crippen molar-refractivity contribution in [1.29, 1.82) is 0 Å². The highest BCUT2D eigenvalue weighted by Crippen LogP contribution is 2.29. The molecule has 0 saturated carbocycles. The molecule has 5 heteroatoms. The van der Waals surface area contributed by atoms with Gasteiger partial charge in [0.2, 0.25) is 0 Å². The zero-order valence-electron chi connectivity index (χ0n) is 9.64. The van der Waals surface area contributed by atoms with E-state index in [1.54, 1.807) is 24.3 Å². The molecule has 0 atom stereocenters. The van der Waals surface area contributed by atoms with Crippen molar-refractivity contribution in [3.63, 3.8) is 0 Å². The summed E-state index contributed by atoms with van der Waals surface area (Å²) in [5, 5.41) is 4.31. The third kappa shape index (κ3) is 2.27. The lowest BCUT2D eigenvalue weighted by Crippen LogP contribution is -2.36. The largest absolute Gasteiger partial charge is 0.288 e. The second-order valence-electron chi connectivity index (χ2n) is 4.05. The van der Waals surface area contributed by atoms with E-state index >= 15 is 0 Å². The van der Waals surface area contributed by atoms with Crippen molar-refractivity contribution in [2.75, 3.05) is 0 Å². The average molecular weight is 334 g/mol. The predicted molar refractivity (Wildman–Crippen MR) is 78.8 cm³/mol. The van der Waals surface area contributed by atoms with Crippen molar-refractivity contribution in [3.8, 4) is 0 Å². The second-order valence-corrected chi connectivity index (χ2v) is 5.91. The number of carbonyl (C=O) groups is 2. The normalized spacial score (nSPS) is 16.4. The van der Waals surface area contributed by atoms with Gasteiger partial charge in [-0.3, -0.25) is 14.9 Å². The predicted octanol–water partition coefficient (Wildman–Crippen LogP) is 3.32. The van der Waals surface area contributed by atoms with Crippen LogP contribution >= 0.6 is 27.3 Å². The fraction of sp³-hybridized carbons (Fsp3) is 0. The summed E-state index contributed by atoms with van der Waals surface area (Å²) in [7, 11) is 0. The van der Waals surface area contributed by atoms with Gasteiger partial charge in [-0.2, -0.15) is 0 Å². The maximum absolute atomic E-state index is 12.0. The van der Waals surface area contributed by atoms with Crippen molar-refractivity contribution >= 4 is 50.7 Å².